The predicted octanol–water partition coefficient (Wildman–Crippen LogP) is -1.79. The van der Waals surface area contributed by atoms with Gasteiger partial charge in [0.15, 0.2) is 0 Å². The summed E-state index contributed by atoms with van der Waals surface area (Å²) in [5.41, 5.74) is 0. The Balaban J connectivity index is 0. The van der Waals surface area contributed by atoms with Crippen molar-refractivity contribution in [2.75, 3.05) is 13.2 Å². The summed E-state index contributed by atoms with van der Waals surface area (Å²) in [6.45, 7) is -0.729. The van der Waals surface area contributed by atoms with Gasteiger partial charge in [0.05, 0.1) is 13.2 Å². The minimum atomic E-state index is -0.954. The summed E-state index contributed by atoms with van der Waals surface area (Å²) in [5, 5.41) is 24.0. The quantitative estimate of drug-likeness (QED) is 0.431. The Morgan fingerprint density at radius 1 is 1.25 bits per heavy atom. The van der Waals surface area contributed by atoms with Gasteiger partial charge in [-0.3, -0.25) is 0 Å². The number of hydrogen-bond acceptors (Lipinski definition) is 4. The van der Waals surface area contributed by atoms with Crippen molar-refractivity contribution in [3.05, 3.63) is 0 Å². The summed E-state index contributed by atoms with van der Waals surface area (Å²) >= 11 is 0.125. The molecule has 5 heteroatoms. The van der Waals surface area contributed by atoms with E-state index < -0.39 is 6.10 Å². The Hall–Kier alpha value is 0.303. The molecule has 0 aliphatic heterocycles. The molecule has 0 bridgehead atoms. The van der Waals surface area contributed by atoms with E-state index in [2.05, 4.69) is 0 Å². The molecule has 0 aromatic heterocycles. The Labute approximate surface area is 57.1 Å². The predicted molar refractivity (Wildman–Crippen MR) is 20.9 cm³/mol. The first-order valence-corrected chi connectivity index (χ1v) is 3.21. The average molecular weight is 173 g/mol. The van der Waals surface area contributed by atoms with Crippen LogP contribution in [0.5, 0.6) is 0 Å². The molecule has 0 atom stereocenters. The summed E-state index contributed by atoms with van der Waals surface area (Å²) < 4.78 is 8.38. The third kappa shape index (κ3) is 9.57. The summed E-state index contributed by atoms with van der Waals surface area (Å²) in [5.74, 6) is 0. The third-order valence-corrected chi connectivity index (χ3v) is 0.421. The molecule has 0 radical (unpaired) electrons. The monoisotopic (exact) mass is 172 g/mol. The normalized spacial score (nSPS) is 8.25. The van der Waals surface area contributed by atoms with Crippen LogP contribution < -0.4 is 0 Å². The second-order valence-electron chi connectivity index (χ2n) is 1.02. The van der Waals surface area contributed by atoms with Gasteiger partial charge in [-0.2, -0.15) is 0 Å². The van der Waals surface area contributed by atoms with E-state index in [1.54, 1.807) is 0 Å². The Bertz CT molecular complexity index is 38.3. The number of aliphatic hydroxyl groups excluding tert-OH is 3. The SMILES string of the molecule is OCC(O)CO.[O]=[Zn]. The van der Waals surface area contributed by atoms with Crippen LogP contribution >= 0.6 is 0 Å². The summed E-state index contributed by atoms with van der Waals surface area (Å²) in [4.78, 5) is 0. The topological polar surface area (TPSA) is 77.8 Å². The fourth-order valence-electron chi connectivity index (χ4n) is 0.0577. The van der Waals surface area contributed by atoms with E-state index in [0.717, 1.165) is 0 Å². The zero-order valence-corrected chi connectivity index (χ0v) is 7.42. The molecule has 0 aliphatic carbocycles. The van der Waals surface area contributed by atoms with Crippen LogP contribution in [0, 0.1) is 0 Å². The molecule has 4 nitrogen and oxygen atoms in total. The fraction of sp³-hybridized carbons (Fsp3) is 1.00. The van der Waals surface area contributed by atoms with Crippen molar-refractivity contribution in [1.82, 2.24) is 0 Å². The first-order chi connectivity index (χ1) is 3.81. The van der Waals surface area contributed by atoms with Crippen molar-refractivity contribution >= 4 is 0 Å². The molecule has 0 amide bonds. The van der Waals surface area contributed by atoms with Crippen LogP contribution in [0.2, 0.25) is 0 Å². The van der Waals surface area contributed by atoms with Gasteiger partial charge in [0.25, 0.3) is 0 Å². The third-order valence-electron chi connectivity index (χ3n) is 0.421. The zero-order chi connectivity index (χ0) is 6.99. The average Bonchev–Trinajstić information content (AvgIpc) is 1.91. The molecule has 0 aliphatic rings. The molecule has 0 rings (SSSR count). The van der Waals surface area contributed by atoms with E-state index in [1.165, 1.54) is 0 Å². The van der Waals surface area contributed by atoms with Gasteiger partial charge in [-0.05, 0) is 0 Å². The van der Waals surface area contributed by atoms with Crippen LogP contribution in [0.4, 0.5) is 0 Å². The summed E-state index contributed by atoms with van der Waals surface area (Å²) in [6, 6.07) is 0. The van der Waals surface area contributed by atoms with E-state index in [1.807, 2.05) is 0 Å². The molecule has 8 heavy (non-hydrogen) atoms. The fourth-order valence-corrected chi connectivity index (χ4v) is 0.0577. The Kier molecular flexibility index (Phi) is 14.4. The van der Waals surface area contributed by atoms with Crippen LogP contribution in [-0.2, 0) is 21.8 Å². The maximum atomic E-state index is 8.38. The van der Waals surface area contributed by atoms with Crippen molar-refractivity contribution in [3.63, 3.8) is 0 Å². The minimum absolute atomic E-state index is 0.125. The van der Waals surface area contributed by atoms with E-state index >= 15 is 0 Å². The van der Waals surface area contributed by atoms with E-state index in [9.17, 15) is 0 Å². The number of hydrogen-bond donors (Lipinski definition) is 3. The van der Waals surface area contributed by atoms with Gasteiger partial charge in [-0.15, -0.1) is 0 Å². The van der Waals surface area contributed by atoms with Crippen LogP contribution in [-0.4, -0.2) is 34.6 Å². The van der Waals surface area contributed by atoms with Gasteiger partial charge in [0, 0.05) is 0 Å². The van der Waals surface area contributed by atoms with Crippen molar-refractivity contribution in [3.8, 4) is 0 Å². The summed E-state index contributed by atoms with van der Waals surface area (Å²) in [6.07, 6.45) is -0.954. The molecule has 0 saturated carbocycles. The van der Waals surface area contributed by atoms with Crippen molar-refractivity contribution in [1.29, 1.82) is 0 Å². The van der Waals surface area contributed by atoms with E-state index in [0.29, 0.717) is 0 Å². The molecule has 0 heterocycles. The molecule has 0 aromatic rings. The first kappa shape index (κ1) is 11.1. The second-order valence-corrected chi connectivity index (χ2v) is 1.02. The Morgan fingerprint density at radius 3 is 1.50 bits per heavy atom. The van der Waals surface area contributed by atoms with E-state index in [-0.39, 0.29) is 31.5 Å². The Morgan fingerprint density at radius 2 is 1.50 bits per heavy atom. The molecule has 0 aromatic carbocycles. The molecular formula is C3H8O4Zn. The van der Waals surface area contributed by atoms with Crippen molar-refractivity contribution in [2.45, 2.75) is 6.10 Å². The molecule has 0 spiro atoms. The number of rotatable bonds is 2. The summed E-state index contributed by atoms with van der Waals surface area (Å²) in [7, 11) is 0. The van der Waals surface area contributed by atoms with Crippen LogP contribution in [0.15, 0.2) is 0 Å². The van der Waals surface area contributed by atoms with Crippen molar-refractivity contribution in [2.24, 2.45) is 0 Å². The van der Waals surface area contributed by atoms with E-state index in [4.69, 9.17) is 18.9 Å². The van der Waals surface area contributed by atoms with Gasteiger partial charge in [-0.25, -0.2) is 0 Å². The molecule has 0 saturated heterocycles. The molecule has 0 fully saturated rings. The maximum absolute atomic E-state index is 8.38. The van der Waals surface area contributed by atoms with Gasteiger partial charge in [-0.1, -0.05) is 0 Å². The van der Waals surface area contributed by atoms with Crippen LogP contribution in [0.25, 0.3) is 0 Å². The van der Waals surface area contributed by atoms with Crippen LogP contribution in [0.1, 0.15) is 0 Å². The van der Waals surface area contributed by atoms with Crippen LogP contribution in [0.3, 0.4) is 0 Å². The molecule has 46 valence electrons. The van der Waals surface area contributed by atoms with Gasteiger partial charge in [0.2, 0.25) is 0 Å². The second kappa shape index (κ2) is 10.3. The first-order valence-electron chi connectivity index (χ1n) is 2.00. The molecule has 0 unspecified atom stereocenters. The van der Waals surface area contributed by atoms with Gasteiger partial charge < -0.3 is 15.3 Å². The van der Waals surface area contributed by atoms with Gasteiger partial charge >= 0.3 is 21.8 Å². The molecule has 3 N–H and O–H groups in total. The molecular weight excluding hydrogens is 165 g/mol. The zero-order valence-electron chi connectivity index (χ0n) is 4.45. The van der Waals surface area contributed by atoms with Gasteiger partial charge in [0.1, 0.15) is 6.10 Å². The number of aliphatic hydroxyl groups is 3. The standard InChI is InChI=1S/C3H8O3.O.Zn/c4-1-3(6)2-5;;/h3-6H,1-2H2;;. The van der Waals surface area contributed by atoms with Crippen molar-refractivity contribution < 1.29 is 37.1 Å².